The summed E-state index contributed by atoms with van der Waals surface area (Å²) in [4.78, 5) is 21.8. The smallest absolute Gasteiger partial charge is 0.306 e. The second-order valence-electron chi connectivity index (χ2n) is 6.49. The highest BCUT2D eigenvalue weighted by Gasteiger charge is 2.30. The van der Waals surface area contributed by atoms with Crippen LogP contribution in [0.2, 0.25) is 0 Å². The minimum Gasteiger partial charge on any atom is -0.481 e. The first kappa shape index (κ1) is 17.0. The molecule has 0 aromatic heterocycles. The molecule has 1 fully saturated rings. The molecule has 1 aliphatic carbocycles. The minimum absolute atomic E-state index is 0.0238. The highest BCUT2D eigenvalue weighted by molar-refractivity contribution is 5.76. The summed E-state index contributed by atoms with van der Waals surface area (Å²) in [5, 5.41) is 8.51. The molecule has 0 amide bonds. The molecule has 0 aliphatic heterocycles. The summed E-state index contributed by atoms with van der Waals surface area (Å²) in [7, 11) is 0. The number of ether oxygens (including phenoxy) is 1. The highest BCUT2D eigenvalue weighted by atomic mass is 16.5. The Labute approximate surface area is 121 Å². The van der Waals surface area contributed by atoms with Crippen LogP contribution in [0.25, 0.3) is 0 Å². The first-order valence-electron chi connectivity index (χ1n) is 7.77. The Morgan fingerprint density at radius 1 is 1.25 bits per heavy atom. The van der Waals surface area contributed by atoms with Gasteiger partial charge in [-0.25, -0.2) is 0 Å². The number of hydrogen-bond acceptors (Lipinski definition) is 3. The lowest BCUT2D eigenvalue weighted by molar-refractivity contribution is -0.148. The molecule has 1 aliphatic rings. The topological polar surface area (TPSA) is 63.6 Å². The molecule has 0 radical (unpaired) electrons. The summed E-state index contributed by atoms with van der Waals surface area (Å²) in [6, 6.07) is 0. The Bertz CT molecular complexity index is 324. The van der Waals surface area contributed by atoms with Gasteiger partial charge in [0.2, 0.25) is 0 Å². The Kier molecular flexibility index (Phi) is 7.03. The van der Waals surface area contributed by atoms with Crippen LogP contribution in [-0.2, 0) is 14.3 Å². The molecular formula is C16H28O4. The van der Waals surface area contributed by atoms with Crippen LogP contribution >= 0.6 is 0 Å². The number of carboxylic acids is 1. The molecule has 1 N–H and O–H groups in total. The van der Waals surface area contributed by atoms with Gasteiger partial charge in [-0.2, -0.15) is 0 Å². The second kappa shape index (κ2) is 8.28. The van der Waals surface area contributed by atoms with Crippen molar-refractivity contribution in [3.05, 3.63) is 0 Å². The van der Waals surface area contributed by atoms with Crippen LogP contribution in [-0.4, -0.2) is 23.7 Å². The Morgan fingerprint density at radius 2 is 1.95 bits per heavy atom. The lowest BCUT2D eigenvalue weighted by Crippen LogP contribution is -2.28. The molecule has 0 saturated heterocycles. The molecule has 0 aromatic rings. The zero-order valence-electron chi connectivity index (χ0n) is 12.9. The lowest BCUT2D eigenvalue weighted by atomic mass is 9.69. The summed E-state index contributed by atoms with van der Waals surface area (Å²) in [6.07, 6.45) is 4.54. The summed E-state index contributed by atoms with van der Waals surface area (Å²) in [5.41, 5.74) is 0. The van der Waals surface area contributed by atoms with Crippen molar-refractivity contribution in [1.82, 2.24) is 0 Å². The zero-order valence-corrected chi connectivity index (χ0v) is 12.9. The van der Waals surface area contributed by atoms with Crippen LogP contribution in [0.15, 0.2) is 0 Å². The van der Waals surface area contributed by atoms with Crippen LogP contribution in [0.3, 0.4) is 0 Å². The molecule has 4 nitrogen and oxygen atoms in total. The molecular weight excluding hydrogens is 256 g/mol. The second-order valence-corrected chi connectivity index (χ2v) is 6.49. The van der Waals surface area contributed by atoms with Gasteiger partial charge >= 0.3 is 11.9 Å². The molecule has 116 valence electrons. The van der Waals surface area contributed by atoms with Crippen LogP contribution in [0.5, 0.6) is 0 Å². The van der Waals surface area contributed by atoms with Crippen LogP contribution < -0.4 is 0 Å². The van der Waals surface area contributed by atoms with E-state index in [0.29, 0.717) is 18.4 Å². The lowest BCUT2D eigenvalue weighted by Gasteiger charge is -2.37. The molecule has 3 atom stereocenters. The molecule has 0 heterocycles. The van der Waals surface area contributed by atoms with Crippen molar-refractivity contribution in [1.29, 1.82) is 0 Å². The molecule has 20 heavy (non-hydrogen) atoms. The quantitative estimate of drug-likeness (QED) is 0.727. The normalized spacial score (nSPS) is 26.5. The molecule has 0 bridgehead atoms. The Hall–Kier alpha value is -1.06. The van der Waals surface area contributed by atoms with Gasteiger partial charge in [0.1, 0.15) is 0 Å². The van der Waals surface area contributed by atoms with Crippen molar-refractivity contribution < 1.29 is 19.4 Å². The number of carboxylic acid groups (broad SMARTS) is 1. The summed E-state index contributed by atoms with van der Waals surface area (Å²) < 4.78 is 5.16. The van der Waals surface area contributed by atoms with Crippen LogP contribution in [0.1, 0.15) is 59.3 Å². The fourth-order valence-corrected chi connectivity index (χ4v) is 3.34. The van der Waals surface area contributed by atoms with Crippen molar-refractivity contribution in [2.75, 3.05) is 6.61 Å². The van der Waals surface area contributed by atoms with Crippen molar-refractivity contribution in [2.45, 2.75) is 59.3 Å². The highest BCUT2D eigenvalue weighted by Crippen LogP contribution is 2.39. The van der Waals surface area contributed by atoms with E-state index >= 15 is 0 Å². The maximum atomic E-state index is 11.4. The Balaban J connectivity index is 2.30. The van der Waals surface area contributed by atoms with Crippen molar-refractivity contribution >= 4 is 11.9 Å². The van der Waals surface area contributed by atoms with Gasteiger partial charge < -0.3 is 9.84 Å². The van der Waals surface area contributed by atoms with Gasteiger partial charge in [-0.1, -0.05) is 27.2 Å². The SMILES string of the molecule is CC1CC[C@@H](C(C)C)C(CCOC(=O)CCC(=O)O)C1. The fraction of sp³-hybridized carbons (Fsp3) is 0.875. The van der Waals surface area contributed by atoms with E-state index in [1.165, 1.54) is 19.3 Å². The van der Waals surface area contributed by atoms with Crippen LogP contribution in [0.4, 0.5) is 0 Å². The van der Waals surface area contributed by atoms with E-state index in [0.717, 1.165) is 18.3 Å². The molecule has 1 saturated carbocycles. The summed E-state index contributed by atoms with van der Waals surface area (Å²) in [5.74, 6) is 1.45. The zero-order chi connectivity index (χ0) is 15.1. The number of carbonyl (C=O) groups is 2. The van der Waals surface area contributed by atoms with E-state index in [1.54, 1.807) is 0 Å². The minimum atomic E-state index is -0.956. The monoisotopic (exact) mass is 284 g/mol. The van der Waals surface area contributed by atoms with E-state index < -0.39 is 11.9 Å². The van der Waals surface area contributed by atoms with E-state index in [4.69, 9.17) is 9.84 Å². The van der Waals surface area contributed by atoms with Crippen molar-refractivity contribution in [2.24, 2.45) is 23.7 Å². The van der Waals surface area contributed by atoms with Gasteiger partial charge in [-0.3, -0.25) is 9.59 Å². The van der Waals surface area contributed by atoms with Crippen molar-refractivity contribution in [3.8, 4) is 0 Å². The number of rotatable bonds is 7. The third-order valence-electron chi connectivity index (χ3n) is 4.45. The first-order valence-corrected chi connectivity index (χ1v) is 7.77. The van der Waals surface area contributed by atoms with Gasteiger partial charge in [0.05, 0.1) is 19.4 Å². The average Bonchev–Trinajstić information content (AvgIpc) is 2.36. The van der Waals surface area contributed by atoms with E-state index in [2.05, 4.69) is 20.8 Å². The van der Waals surface area contributed by atoms with Gasteiger partial charge in [0.15, 0.2) is 0 Å². The molecule has 1 rings (SSSR count). The first-order chi connectivity index (χ1) is 9.40. The van der Waals surface area contributed by atoms with E-state index in [1.807, 2.05) is 0 Å². The van der Waals surface area contributed by atoms with Gasteiger partial charge in [-0.15, -0.1) is 0 Å². The maximum Gasteiger partial charge on any atom is 0.306 e. The molecule has 2 unspecified atom stereocenters. The van der Waals surface area contributed by atoms with Gasteiger partial charge in [-0.05, 0) is 42.9 Å². The molecule has 0 spiro atoms. The van der Waals surface area contributed by atoms with Crippen molar-refractivity contribution in [3.63, 3.8) is 0 Å². The third kappa shape index (κ3) is 5.93. The fourth-order valence-electron chi connectivity index (χ4n) is 3.34. The Morgan fingerprint density at radius 3 is 2.55 bits per heavy atom. The van der Waals surface area contributed by atoms with E-state index in [9.17, 15) is 9.59 Å². The summed E-state index contributed by atoms with van der Waals surface area (Å²) in [6.45, 7) is 7.26. The largest absolute Gasteiger partial charge is 0.481 e. The molecule has 0 aromatic carbocycles. The number of esters is 1. The predicted molar refractivity (Wildman–Crippen MR) is 77.3 cm³/mol. The number of carbonyl (C=O) groups excluding carboxylic acids is 1. The van der Waals surface area contributed by atoms with Gasteiger partial charge in [0.25, 0.3) is 0 Å². The standard InChI is InChI=1S/C16H28O4/c1-11(2)14-5-4-12(3)10-13(14)8-9-20-16(19)7-6-15(17)18/h11-14H,4-10H2,1-3H3,(H,17,18)/t12?,13?,14-/m0/s1. The van der Waals surface area contributed by atoms with E-state index in [-0.39, 0.29) is 12.8 Å². The van der Waals surface area contributed by atoms with Gasteiger partial charge in [0, 0.05) is 0 Å². The predicted octanol–water partition coefficient (Wildman–Crippen LogP) is 3.49. The third-order valence-corrected chi connectivity index (χ3v) is 4.45. The average molecular weight is 284 g/mol. The number of aliphatic carboxylic acids is 1. The van der Waals surface area contributed by atoms with Crippen LogP contribution in [0, 0.1) is 23.7 Å². The number of hydrogen-bond donors (Lipinski definition) is 1. The summed E-state index contributed by atoms with van der Waals surface area (Å²) >= 11 is 0. The molecule has 4 heteroatoms. The maximum absolute atomic E-state index is 11.4.